The summed E-state index contributed by atoms with van der Waals surface area (Å²) in [7, 11) is 0. The Morgan fingerprint density at radius 3 is 2.59 bits per heavy atom. The maximum Gasteiger partial charge on any atom is 0.229 e. The summed E-state index contributed by atoms with van der Waals surface area (Å²) in [6.07, 6.45) is -1.92. The van der Waals surface area contributed by atoms with Crippen LogP contribution < -0.4 is 4.74 Å². The Labute approximate surface area is 167 Å². The molecule has 0 aliphatic carbocycles. The van der Waals surface area contributed by atoms with Gasteiger partial charge in [-0.3, -0.25) is 4.98 Å². The molecule has 8 nitrogen and oxygen atoms in total. The molecule has 0 bridgehead atoms. The number of hydrogen-bond donors (Lipinski definition) is 4. The average Bonchev–Trinajstić information content (AvgIpc) is 3.17. The minimum absolute atomic E-state index is 0.414. The van der Waals surface area contributed by atoms with Gasteiger partial charge in [-0.25, -0.2) is 0 Å². The number of pyridine rings is 1. The van der Waals surface area contributed by atoms with E-state index in [-0.39, 0.29) is 0 Å². The molecule has 0 saturated carbocycles. The van der Waals surface area contributed by atoms with Crippen molar-refractivity contribution in [2.24, 2.45) is 0 Å². The Morgan fingerprint density at radius 1 is 0.966 bits per heavy atom. The number of aliphatic hydroxyl groups is 4. The number of aromatic nitrogens is 1. The fraction of sp³-hybridized carbons (Fsp3) is 0.381. The van der Waals surface area contributed by atoms with Gasteiger partial charge >= 0.3 is 0 Å². The highest BCUT2D eigenvalue weighted by Crippen LogP contribution is 2.34. The van der Waals surface area contributed by atoms with E-state index in [4.69, 9.17) is 13.9 Å². The predicted molar refractivity (Wildman–Crippen MR) is 102 cm³/mol. The van der Waals surface area contributed by atoms with E-state index in [9.17, 15) is 20.4 Å². The van der Waals surface area contributed by atoms with Gasteiger partial charge in [0.05, 0.1) is 18.3 Å². The number of rotatable bonds is 6. The molecule has 8 heteroatoms. The monoisotopic (exact) mass is 401 g/mol. The molecule has 0 unspecified atom stereocenters. The fourth-order valence-electron chi connectivity index (χ4n) is 3.50. The highest BCUT2D eigenvalue weighted by Gasteiger charge is 2.44. The summed E-state index contributed by atoms with van der Waals surface area (Å²) in [5, 5.41) is 40.3. The second-order valence-electron chi connectivity index (χ2n) is 7.03. The first-order valence-corrected chi connectivity index (χ1v) is 9.44. The van der Waals surface area contributed by atoms with Crippen LogP contribution in [0.4, 0.5) is 0 Å². The molecule has 1 aliphatic rings. The highest BCUT2D eigenvalue weighted by molar-refractivity contribution is 5.87. The molecule has 2 aromatic heterocycles. The molecule has 4 N–H and O–H groups in total. The summed E-state index contributed by atoms with van der Waals surface area (Å²) in [4.78, 5) is 4.33. The molecular weight excluding hydrogens is 378 g/mol. The molecule has 0 radical (unpaired) electrons. The third kappa shape index (κ3) is 3.98. The molecule has 5 atom stereocenters. The summed E-state index contributed by atoms with van der Waals surface area (Å²) in [5.74, 6) is 0.414. The molecule has 1 aliphatic heterocycles. The van der Waals surface area contributed by atoms with Crippen molar-refractivity contribution in [1.82, 2.24) is 4.98 Å². The minimum atomic E-state index is -1.50. The normalized spacial score (nSPS) is 27.2. The zero-order chi connectivity index (χ0) is 20.4. The molecule has 1 fully saturated rings. The van der Waals surface area contributed by atoms with Gasteiger partial charge < -0.3 is 34.3 Å². The van der Waals surface area contributed by atoms with E-state index in [0.29, 0.717) is 24.2 Å². The zero-order valence-electron chi connectivity index (χ0n) is 15.6. The molecule has 1 saturated heterocycles. The molecule has 4 rings (SSSR count). The number of ether oxygens (including phenoxy) is 2. The molecule has 1 aromatic carbocycles. The Hall–Kier alpha value is -2.49. The van der Waals surface area contributed by atoms with E-state index in [1.165, 1.54) is 0 Å². The van der Waals surface area contributed by atoms with Crippen molar-refractivity contribution in [2.45, 2.75) is 43.5 Å². The van der Waals surface area contributed by atoms with Gasteiger partial charge in [-0.05, 0) is 37.1 Å². The molecule has 154 valence electrons. The van der Waals surface area contributed by atoms with Gasteiger partial charge in [-0.15, -0.1) is 0 Å². The van der Waals surface area contributed by atoms with Crippen LogP contribution in [0.3, 0.4) is 0 Å². The summed E-state index contributed by atoms with van der Waals surface area (Å²) in [5.41, 5.74) is 2.48. The van der Waals surface area contributed by atoms with Crippen molar-refractivity contribution >= 4 is 11.0 Å². The SMILES string of the molecule is OC[C@H]1O[C@@H](Oc2cccc3occ(CCc4ccccn4)c23)[C@H](O)[C@@H](O)[C@@H]1O. The van der Waals surface area contributed by atoms with Crippen LogP contribution in [0.25, 0.3) is 11.0 Å². The van der Waals surface area contributed by atoms with E-state index in [1.807, 2.05) is 18.2 Å². The summed E-state index contributed by atoms with van der Waals surface area (Å²) in [6, 6.07) is 11.0. The second-order valence-corrected chi connectivity index (χ2v) is 7.03. The first kappa shape index (κ1) is 19.8. The summed E-state index contributed by atoms with van der Waals surface area (Å²) in [6.45, 7) is -0.518. The predicted octanol–water partition coefficient (Wildman–Crippen LogP) is 0.792. The molecule has 0 amide bonds. The van der Waals surface area contributed by atoms with E-state index in [1.54, 1.807) is 30.7 Å². The second kappa shape index (κ2) is 8.48. The molecule has 3 aromatic rings. The Bertz CT molecular complexity index is 943. The lowest BCUT2D eigenvalue weighted by Gasteiger charge is -2.39. The number of fused-ring (bicyclic) bond motifs is 1. The van der Waals surface area contributed by atoms with Crippen molar-refractivity contribution in [2.75, 3.05) is 6.61 Å². The number of furan rings is 1. The van der Waals surface area contributed by atoms with Gasteiger partial charge in [0, 0.05) is 17.5 Å². The lowest BCUT2D eigenvalue weighted by atomic mass is 9.99. The number of benzene rings is 1. The molecule has 3 heterocycles. The van der Waals surface area contributed by atoms with Crippen LogP contribution in [0, 0.1) is 0 Å². The Morgan fingerprint density at radius 2 is 1.83 bits per heavy atom. The summed E-state index contributed by atoms with van der Waals surface area (Å²) < 4.78 is 17.0. The smallest absolute Gasteiger partial charge is 0.229 e. The molecule has 0 spiro atoms. The van der Waals surface area contributed by atoms with Gasteiger partial charge in [0.25, 0.3) is 0 Å². The minimum Gasteiger partial charge on any atom is -0.464 e. The van der Waals surface area contributed by atoms with Gasteiger partial charge in [-0.2, -0.15) is 0 Å². The van der Waals surface area contributed by atoms with Crippen molar-refractivity contribution in [3.63, 3.8) is 0 Å². The molecule has 29 heavy (non-hydrogen) atoms. The van der Waals surface area contributed by atoms with Crippen molar-refractivity contribution in [3.8, 4) is 5.75 Å². The van der Waals surface area contributed by atoms with Crippen LogP contribution in [0.2, 0.25) is 0 Å². The van der Waals surface area contributed by atoms with E-state index >= 15 is 0 Å². The standard InChI is InChI=1S/C21H23NO7/c23-10-16-18(24)19(25)20(26)21(29-16)28-15-6-3-5-14-17(15)12(11-27-14)7-8-13-4-1-2-9-22-13/h1-6,9,11,16,18-21,23-26H,7-8,10H2/t16-,18-,19+,20-,21-/m1/s1. The quantitative estimate of drug-likeness (QED) is 0.478. The highest BCUT2D eigenvalue weighted by atomic mass is 16.7. The zero-order valence-corrected chi connectivity index (χ0v) is 15.6. The van der Waals surface area contributed by atoms with E-state index in [0.717, 1.165) is 16.6 Å². The number of aliphatic hydroxyl groups excluding tert-OH is 4. The van der Waals surface area contributed by atoms with Crippen LogP contribution in [-0.4, -0.2) is 62.7 Å². The Balaban J connectivity index is 1.58. The lowest BCUT2D eigenvalue weighted by molar-refractivity contribution is -0.277. The fourth-order valence-corrected chi connectivity index (χ4v) is 3.50. The van der Waals surface area contributed by atoms with E-state index < -0.39 is 37.3 Å². The van der Waals surface area contributed by atoms with Crippen LogP contribution in [0.1, 0.15) is 11.3 Å². The van der Waals surface area contributed by atoms with Crippen LogP contribution in [0.15, 0.2) is 53.3 Å². The number of nitrogens with zero attached hydrogens (tertiary/aromatic N) is 1. The maximum absolute atomic E-state index is 10.3. The third-order valence-electron chi connectivity index (χ3n) is 5.11. The Kier molecular flexibility index (Phi) is 5.79. The van der Waals surface area contributed by atoms with E-state index in [2.05, 4.69) is 4.98 Å². The van der Waals surface area contributed by atoms with Crippen molar-refractivity contribution in [1.29, 1.82) is 0 Å². The lowest BCUT2D eigenvalue weighted by Crippen LogP contribution is -2.60. The summed E-state index contributed by atoms with van der Waals surface area (Å²) >= 11 is 0. The van der Waals surface area contributed by atoms with Gasteiger partial charge in [0.2, 0.25) is 6.29 Å². The maximum atomic E-state index is 10.3. The number of aryl methyl sites for hydroxylation is 2. The van der Waals surface area contributed by atoms with Gasteiger partial charge in [-0.1, -0.05) is 12.1 Å². The van der Waals surface area contributed by atoms with Crippen LogP contribution in [-0.2, 0) is 17.6 Å². The van der Waals surface area contributed by atoms with Crippen molar-refractivity contribution < 1.29 is 34.3 Å². The topological polar surface area (TPSA) is 125 Å². The van der Waals surface area contributed by atoms with Crippen molar-refractivity contribution in [3.05, 3.63) is 60.1 Å². The first-order valence-electron chi connectivity index (χ1n) is 9.44. The van der Waals surface area contributed by atoms with Crippen LogP contribution >= 0.6 is 0 Å². The number of hydrogen-bond acceptors (Lipinski definition) is 8. The third-order valence-corrected chi connectivity index (χ3v) is 5.11. The largest absolute Gasteiger partial charge is 0.464 e. The molecular formula is C21H23NO7. The van der Waals surface area contributed by atoms with Crippen LogP contribution in [0.5, 0.6) is 5.75 Å². The van der Waals surface area contributed by atoms with Gasteiger partial charge in [0.1, 0.15) is 35.7 Å². The van der Waals surface area contributed by atoms with Gasteiger partial charge in [0.15, 0.2) is 0 Å². The first-order chi connectivity index (χ1) is 14.1. The average molecular weight is 401 g/mol.